The molecule has 0 aromatic heterocycles. The van der Waals surface area contributed by atoms with Gasteiger partial charge >= 0.3 is 0 Å². The van der Waals surface area contributed by atoms with Crippen LogP contribution >= 0.6 is 39.9 Å². The molecule has 1 amide bonds. The smallest absolute Gasteiger partial charge is 0.270 e. The van der Waals surface area contributed by atoms with Gasteiger partial charge in [-0.15, -0.1) is 0 Å². The fourth-order valence-corrected chi connectivity index (χ4v) is 5.31. The molecule has 1 saturated heterocycles. The van der Waals surface area contributed by atoms with Crippen molar-refractivity contribution in [3.8, 4) is 11.5 Å². The van der Waals surface area contributed by atoms with Crippen molar-refractivity contribution in [3.63, 3.8) is 0 Å². The van der Waals surface area contributed by atoms with Gasteiger partial charge in [-0.2, -0.15) is 0 Å². The normalized spacial score (nSPS) is 14.9. The Kier molecular flexibility index (Phi) is 6.98. The lowest BCUT2D eigenvalue weighted by Gasteiger charge is -2.17. The van der Waals surface area contributed by atoms with Crippen molar-refractivity contribution in [1.82, 2.24) is 0 Å². The lowest BCUT2D eigenvalue weighted by atomic mass is 10.1. The molecule has 0 radical (unpaired) electrons. The number of hydrogen-bond donors (Lipinski definition) is 0. The molecule has 1 heterocycles. The summed E-state index contributed by atoms with van der Waals surface area (Å²) >= 11 is 10.4. The van der Waals surface area contributed by atoms with Crippen molar-refractivity contribution in [2.24, 2.45) is 0 Å². The van der Waals surface area contributed by atoms with E-state index in [-0.39, 0.29) is 5.91 Å². The van der Waals surface area contributed by atoms with Gasteiger partial charge in [-0.05, 0) is 58.1 Å². The summed E-state index contributed by atoms with van der Waals surface area (Å²) in [6, 6.07) is 17.6. The van der Waals surface area contributed by atoms with Crippen molar-refractivity contribution in [3.05, 3.63) is 82.2 Å². The second-order valence-electron chi connectivity index (χ2n) is 6.88. The van der Waals surface area contributed by atoms with Crippen molar-refractivity contribution in [2.45, 2.75) is 6.92 Å². The van der Waals surface area contributed by atoms with E-state index >= 15 is 0 Å². The summed E-state index contributed by atoms with van der Waals surface area (Å²) in [5.74, 6) is 1.06. The first-order valence-electron chi connectivity index (χ1n) is 9.99. The molecule has 1 aliphatic heterocycles. The number of hydrogen-bond acceptors (Lipinski definition) is 5. The van der Waals surface area contributed by atoms with E-state index < -0.39 is 0 Å². The number of carbonyl (C=O) groups is 1. The number of rotatable bonds is 7. The largest absolute Gasteiger partial charge is 0.490 e. The van der Waals surface area contributed by atoms with Gasteiger partial charge in [-0.1, -0.05) is 73.0 Å². The summed E-state index contributed by atoms with van der Waals surface area (Å²) in [4.78, 5) is 15.5. The monoisotopic (exact) mass is 525 g/mol. The average Bonchev–Trinajstić information content (AvgIpc) is 3.05. The topological polar surface area (TPSA) is 38.8 Å². The first kappa shape index (κ1) is 22.6. The van der Waals surface area contributed by atoms with Gasteiger partial charge in [0.25, 0.3) is 5.91 Å². The number of nitrogens with zero attached hydrogens (tertiary/aromatic N) is 1. The molecule has 0 saturated carbocycles. The fraction of sp³-hybridized carbons (Fsp3) is 0.120. The lowest BCUT2D eigenvalue weighted by Crippen LogP contribution is -2.27. The summed E-state index contributed by atoms with van der Waals surface area (Å²) in [5.41, 5.74) is 1.60. The molecule has 0 bridgehead atoms. The zero-order valence-electron chi connectivity index (χ0n) is 17.3. The van der Waals surface area contributed by atoms with E-state index in [4.69, 9.17) is 21.7 Å². The molecule has 1 fully saturated rings. The Morgan fingerprint density at radius 3 is 2.72 bits per heavy atom. The number of benzene rings is 3. The van der Waals surface area contributed by atoms with Crippen LogP contribution in [0.4, 0.5) is 5.69 Å². The molecule has 1 aliphatic rings. The van der Waals surface area contributed by atoms with Crippen LogP contribution in [-0.4, -0.2) is 23.4 Å². The third-order valence-electron chi connectivity index (χ3n) is 4.78. The maximum atomic E-state index is 13.3. The van der Waals surface area contributed by atoms with Crippen LogP contribution in [0.5, 0.6) is 11.5 Å². The van der Waals surface area contributed by atoms with Crippen molar-refractivity contribution < 1.29 is 14.3 Å². The van der Waals surface area contributed by atoms with E-state index in [2.05, 4.69) is 22.5 Å². The van der Waals surface area contributed by atoms with Gasteiger partial charge in [0.05, 0.1) is 21.7 Å². The van der Waals surface area contributed by atoms with E-state index in [1.165, 1.54) is 11.8 Å². The summed E-state index contributed by atoms with van der Waals surface area (Å²) in [6.45, 7) is 6.45. The van der Waals surface area contributed by atoms with E-state index in [1.54, 1.807) is 11.0 Å². The molecule has 7 heteroatoms. The van der Waals surface area contributed by atoms with Crippen molar-refractivity contribution >= 4 is 72.7 Å². The molecule has 0 aliphatic carbocycles. The number of ether oxygens (including phenoxy) is 2. The van der Waals surface area contributed by atoms with E-state index in [0.29, 0.717) is 33.9 Å². The highest BCUT2D eigenvalue weighted by Crippen LogP contribution is 2.41. The predicted octanol–water partition coefficient (Wildman–Crippen LogP) is 6.97. The van der Waals surface area contributed by atoms with E-state index in [9.17, 15) is 4.79 Å². The Hall–Kier alpha value is -2.61. The molecular weight excluding hydrogens is 506 g/mol. The highest BCUT2D eigenvalue weighted by Gasteiger charge is 2.34. The van der Waals surface area contributed by atoms with Crippen LogP contribution in [0.1, 0.15) is 12.5 Å². The molecule has 162 valence electrons. The predicted molar refractivity (Wildman–Crippen MR) is 141 cm³/mol. The summed E-state index contributed by atoms with van der Waals surface area (Å²) in [5, 5.41) is 2.04. The molecule has 3 aromatic rings. The Balaban J connectivity index is 1.71. The van der Waals surface area contributed by atoms with Gasteiger partial charge in [0, 0.05) is 5.39 Å². The third kappa shape index (κ3) is 4.46. The van der Waals surface area contributed by atoms with Gasteiger partial charge in [0.15, 0.2) is 15.8 Å². The maximum Gasteiger partial charge on any atom is 0.270 e. The molecule has 4 rings (SSSR count). The first-order chi connectivity index (χ1) is 15.5. The average molecular weight is 526 g/mol. The Bertz CT molecular complexity index is 1250. The number of halogens is 1. The molecule has 32 heavy (non-hydrogen) atoms. The van der Waals surface area contributed by atoms with Gasteiger partial charge in [0.2, 0.25) is 0 Å². The standard InChI is InChI=1S/C25H20BrNO3S2/c1-3-12-30-23-19(26)13-16(14-21(23)29-4-2)15-22-24(28)27(25(31)32-22)20-11-7-9-17-8-5-6-10-18(17)20/h3,5-11,13-15H,1,4,12H2,2H3/b22-15-. The zero-order chi connectivity index (χ0) is 22.7. The number of thioether (sulfide) groups is 1. The minimum absolute atomic E-state index is 0.141. The zero-order valence-corrected chi connectivity index (χ0v) is 20.6. The van der Waals surface area contributed by atoms with Gasteiger partial charge in [0.1, 0.15) is 6.61 Å². The molecule has 3 aromatic carbocycles. The first-order valence-corrected chi connectivity index (χ1v) is 12.0. The van der Waals surface area contributed by atoms with Crippen molar-refractivity contribution in [2.75, 3.05) is 18.1 Å². The molecular formula is C25H20BrNO3S2. The van der Waals surface area contributed by atoms with Crippen LogP contribution in [0.25, 0.3) is 16.8 Å². The fourth-order valence-electron chi connectivity index (χ4n) is 3.45. The second kappa shape index (κ2) is 9.90. The molecule has 0 unspecified atom stereocenters. The number of carbonyl (C=O) groups excluding carboxylic acids is 1. The maximum absolute atomic E-state index is 13.3. The highest BCUT2D eigenvalue weighted by atomic mass is 79.9. The van der Waals surface area contributed by atoms with Gasteiger partial charge in [-0.25, -0.2) is 0 Å². The minimum Gasteiger partial charge on any atom is -0.490 e. The molecule has 4 nitrogen and oxygen atoms in total. The minimum atomic E-state index is -0.141. The SMILES string of the molecule is C=CCOc1c(Br)cc(/C=C2\SC(=S)N(c3cccc4ccccc34)C2=O)cc1OCC. The molecule has 0 spiro atoms. The third-order valence-corrected chi connectivity index (χ3v) is 6.67. The van der Waals surface area contributed by atoms with Crippen LogP contribution in [0.15, 0.2) is 76.6 Å². The quantitative estimate of drug-likeness (QED) is 0.189. The molecule has 0 N–H and O–H groups in total. The van der Waals surface area contributed by atoms with Crippen LogP contribution in [0.3, 0.4) is 0 Å². The summed E-state index contributed by atoms with van der Waals surface area (Å²) in [6.07, 6.45) is 3.50. The summed E-state index contributed by atoms with van der Waals surface area (Å²) < 4.78 is 12.7. The number of fused-ring (bicyclic) bond motifs is 1. The van der Waals surface area contributed by atoms with Crippen molar-refractivity contribution in [1.29, 1.82) is 0 Å². The highest BCUT2D eigenvalue weighted by molar-refractivity contribution is 9.10. The Labute approximate surface area is 205 Å². The van der Waals surface area contributed by atoms with E-state index in [0.717, 1.165) is 26.5 Å². The summed E-state index contributed by atoms with van der Waals surface area (Å²) in [7, 11) is 0. The van der Waals surface area contributed by atoms with Gasteiger partial charge < -0.3 is 9.47 Å². The van der Waals surface area contributed by atoms with Crippen LogP contribution < -0.4 is 14.4 Å². The Morgan fingerprint density at radius 1 is 1.16 bits per heavy atom. The number of anilines is 1. The second-order valence-corrected chi connectivity index (χ2v) is 9.41. The number of amides is 1. The number of thiocarbonyl (C=S) groups is 1. The van der Waals surface area contributed by atoms with Crippen LogP contribution in [0, 0.1) is 0 Å². The van der Waals surface area contributed by atoms with E-state index in [1.807, 2.05) is 67.6 Å². The van der Waals surface area contributed by atoms with Crippen LogP contribution in [-0.2, 0) is 4.79 Å². The van der Waals surface area contributed by atoms with Gasteiger partial charge in [-0.3, -0.25) is 9.69 Å². The lowest BCUT2D eigenvalue weighted by molar-refractivity contribution is -0.113. The van der Waals surface area contributed by atoms with Crippen LogP contribution in [0.2, 0.25) is 0 Å². The Morgan fingerprint density at radius 2 is 1.94 bits per heavy atom. The molecule has 0 atom stereocenters.